The van der Waals surface area contributed by atoms with E-state index in [9.17, 15) is 9.59 Å². The van der Waals surface area contributed by atoms with Crippen LogP contribution in [-0.4, -0.2) is 23.7 Å². The summed E-state index contributed by atoms with van der Waals surface area (Å²) >= 11 is 0. The molecule has 0 bridgehead atoms. The van der Waals surface area contributed by atoms with E-state index in [0.717, 1.165) is 28.7 Å². The van der Waals surface area contributed by atoms with Crippen molar-refractivity contribution in [1.82, 2.24) is 0 Å². The van der Waals surface area contributed by atoms with E-state index >= 15 is 0 Å². The fraction of sp³-hybridized carbons (Fsp3) is 0.280. The average Bonchev–Trinajstić information content (AvgIpc) is 2.69. The standard InChI is InChI=1S/C25H24O4/c1-4-29-23(26)16-20-13-14-25(2,3)22-15-18(9-12-21(20)22)6-5-17-7-10-19(11-8-17)24(27)28/h7-13,15H,4,14,16H2,1-3H3,(H,27,28). The van der Waals surface area contributed by atoms with E-state index in [1.165, 1.54) is 5.56 Å². The van der Waals surface area contributed by atoms with Crippen LogP contribution in [0.5, 0.6) is 0 Å². The lowest BCUT2D eigenvalue weighted by Crippen LogP contribution is -2.22. The van der Waals surface area contributed by atoms with Crippen molar-refractivity contribution in [3.63, 3.8) is 0 Å². The Morgan fingerprint density at radius 3 is 2.38 bits per heavy atom. The maximum Gasteiger partial charge on any atom is 0.335 e. The second-order valence-corrected chi connectivity index (χ2v) is 7.69. The number of fused-ring (bicyclic) bond motifs is 1. The molecule has 0 spiro atoms. The Bertz CT molecular complexity index is 1030. The van der Waals surface area contributed by atoms with Crippen LogP contribution < -0.4 is 0 Å². The molecule has 4 nitrogen and oxygen atoms in total. The van der Waals surface area contributed by atoms with Gasteiger partial charge in [0.05, 0.1) is 18.6 Å². The van der Waals surface area contributed by atoms with Crippen molar-refractivity contribution in [2.24, 2.45) is 0 Å². The third-order valence-corrected chi connectivity index (χ3v) is 5.08. The number of esters is 1. The quantitative estimate of drug-likeness (QED) is 0.603. The van der Waals surface area contributed by atoms with Crippen molar-refractivity contribution in [2.45, 2.75) is 39.0 Å². The van der Waals surface area contributed by atoms with Gasteiger partial charge in [-0.1, -0.05) is 37.8 Å². The molecule has 1 N–H and O–H groups in total. The number of benzene rings is 2. The third kappa shape index (κ3) is 4.75. The van der Waals surface area contributed by atoms with Gasteiger partial charge in [-0.05, 0) is 71.9 Å². The molecule has 0 aliphatic heterocycles. The maximum atomic E-state index is 12.0. The highest BCUT2D eigenvalue weighted by Gasteiger charge is 2.29. The van der Waals surface area contributed by atoms with Gasteiger partial charge in [0, 0.05) is 11.1 Å². The molecule has 0 saturated heterocycles. The summed E-state index contributed by atoms with van der Waals surface area (Å²) < 4.78 is 5.11. The van der Waals surface area contributed by atoms with Crippen molar-refractivity contribution in [3.8, 4) is 11.8 Å². The van der Waals surface area contributed by atoms with Gasteiger partial charge in [-0.15, -0.1) is 0 Å². The van der Waals surface area contributed by atoms with Crippen LogP contribution in [0.15, 0.2) is 48.5 Å². The average molecular weight is 388 g/mol. The largest absolute Gasteiger partial charge is 0.478 e. The summed E-state index contributed by atoms with van der Waals surface area (Å²) in [6.07, 6.45) is 3.26. The number of hydrogen-bond donors (Lipinski definition) is 1. The minimum Gasteiger partial charge on any atom is -0.478 e. The molecule has 0 aromatic heterocycles. The monoisotopic (exact) mass is 388 g/mol. The Kier molecular flexibility index (Phi) is 5.89. The molecule has 0 radical (unpaired) electrons. The summed E-state index contributed by atoms with van der Waals surface area (Å²) in [5.74, 6) is 5.09. The predicted octanol–water partition coefficient (Wildman–Crippen LogP) is 4.80. The first-order valence-corrected chi connectivity index (χ1v) is 9.65. The maximum absolute atomic E-state index is 12.0. The minimum atomic E-state index is -0.951. The Morgan fingerprint density at radius 1 is 1.07 bits per heavy atom. The number of allylic oxidation sites excluding steroid dienone is 1. The summed E-state index contributed by atoms with van der Waals surface area (Å²) in [6.45, 7) is 6.56. The van der Waals surface area contributed by atoms with E-state index in [-0.39, 0.29) is 23.4 Å². The van der Waals surface area contributed by atoms with Gasteiger partial charge >= 0.3 is 11.9 Å². The van der Waals surface area contributed by atoms with Gasteiger partial charge in [0.15, 0.2) is 0 Å². The summed E-state index contributed by atoms with van der Waals surface area (Å²) in [5, 5.41) is 8.98. The molecule has 0 heterocycles. The molecule has 4 heteroatoms. The van der Waals surface area contributed by atoms with E-state index in [1.54, 1.807) is 24.3 Å². The molecule has 0 atom stereocenters. The van der Waals surface area contributed by atoms with Crippen LogP contribution in [-0.2, 0) is 14.9 Å². The minimum absolute atomic E-state index is 0.0473. The normalized spacial score (nSPS) is 14.1. The summed E-state index contributed by atoms with van der Waals surface area (Å²) in [5.41, 5.74) is 5.09. The van der Waals surface area contributed by atoms with Crippen molar-refractivity contribution in [1.29, 1.82) is 0 Å². The molecule has 2 aromatic rings. The lowest BCUT2D eigenvalue weighted by atomic mass is 9.72. The number of aromatic carboxylic acids is 1. The van der Waals surface area contributed by atoms with Crippen molar-refractivity contribution >= 4 is 17.5 Å². The van der Waals surface area contributed by atoms with Gasteiger partial charge < -0.3 is 9.84 Å². The zero-order chi connectivity index (χ0) is 21.0. The van der Waals surface area contributed by atoms with E-state index in [2.05, 4.69) is 37.8 Å². The molecule has 0 saturated carbocycles. The first kappa shape index (κ1) is 20.4. The lowest BCUT2D eigenvalue weighted by Gasteiger charge is -2.32. The molecule has 148 valence electrons. The molecule has 29 heavy (non-hydrogen) atoms. The van der Waals surface area contributed by atoms with Crippen LogP contribution in [0.25, 0.3) is 5.57 Å². The topological polar surface area (TPSA) is 63.6 Å². The molecular weight excluding hydrogens is 364 g/mol. The summed E-state index contributed by atoms with van der Waals surface area (Å²) in [4.78, 5) is 22.9. The van der Waals surface area contributed by atoms with Gasteiger partial charge in [-0.25, -0.2) is 4.79 Å². The Labute approximate surface area is 171 Å². The number of carbonyl (C=O) groups excluding carboxylic acids is 1. The van der Waals surface area contributed by atoms with Crippen molar-refractivity contribution < 1.29 is 19.4 Å². The van der Waals surface area contributed by atoms with E-state index < -0.39 is 5.97 Å². The van der Waals surface area contributed by atoms with Gasteiger partial charge in [0.25, 0.3) is 0 Å². The number of ether oxygens (including phenoxy) is 1. The number of hydrogen-bond acceptors (Lipinski definition) is 3. The van der Waals surface area contributed by atoms with Crippen LogP contribution in [0.2, 0.25) is 0 Å². The Hall–Kier alpha value is -3.32. The highest BCUT2D eigenvalue weighted by atomic mass is 16.5. The predicted molar refractivity (Wildman–Crippen MR) is 113 cm³/mol. The van der Waals surface area contributed by atoms with Crippen LogP contribution >= 0.6 is 0 Å². The molecule has 1 aliphatic carbocycles. The fourth-order valence-corrected chi connectivity index (χ4v) is 3.44. The SMILES string of the molecule is CCOC(=O)CC1=CCC(C)(C)c2cc(C#Cc3ccc(C(=O)O)cc3)ccc21. The first-order valence-electron chi connectivity index (χ1n) is 9.65. The fourth-order valence-electron chi connectivity index (χ4n) is 3.44. The highest BCUT2D eigenvalue weighted by Crippen LogP contribution is 2.40. The lowest BCUT2D eigenvalue weighted by molar-refractivity contribution is -0.141. The molecule has 3 rings (SSSR count). The molecule has 2 aromatic carbocycles. The number of carboxylic acids is 1. The Morgan fingerprint density at radius 2 is 1.72 bits per heavy atom. The third-order valence-electron chi connectivity index (χ3n) is 5.08. The molecule has 0 fully saturated rings. The van der Waals surface area contributed by atoms with Crippen molar-refractivity contribution in [2.75, 3.05) is 6.61 Å². The van der Waals surface area contributed by atoms with Gasteiger partial charge in [0.1, 0.15) is 0 Å². The van der Waals surface area contributed by atoms with Crippen LogP contribution in [0.3, 0.4) is 0 Å². The molecule has 0 amide bonds. The number of carbonyl (C=O) groups is 2. The highest BCUT2D eigenvalue weighted by molar-refractivity contribution is 5.88. The molecular formula is C25H24O4. The van der Waals surface area contributed by atoms with Crippen molar-refractivity contribution in [3.05, 3.63) is 76.4 Å². The molecule has 1 aliphatic rings. The smallest absolute Gasteiger partial charge is 0.335 e. The van der Waals surface area contributed by atoms with Gasteiger partial charge in [-0.3, -0.25) is 4.79 Å². The van der Waals surface area contributed by atoms with E-state index in [0.29, 0.717) is 6.61 Å². The van der Waals surface area contributed by atoms with Crippen LogP contribution in [0.4, 0.5) is 0 Å². The van der Waals surface area contributed by atoms with E-state index in [4.69, 9.17) is 9.84 Å². The second-order valence-electron chi connectivity index (χ2n) is 7.69. The number of rotatable bonds is 4. The zero-order valence-corrected chi connectivity index (χ0v) is 16.9. The number of carboxylic acid groups (broad SMARTS) is 1. The second kappa shape index (κ2) is 8.36. The van der Waals surface area contributed by atoms with Crippen LogP contribution in [0.1, 0.15) is 66.2 Å². The van der Waals surface area contributed by atoms with E-state index in [1.807, 2.05) is 19.1 Å². The summed E-state index contributed by atoms with van der Waals surface area (Å²) in [7, 11) is 0. The first-order chi connectivity index (χ1) is 13.8. The van der Waals surface area contributed by atoms with Gasteiger partial charge in [0.2, 0.25) is 0 Å². The van der Waals surface area contributed by atoms with Gasteiger partial charge in [-0.2, -0.15) is 0 Å². The Balaban J connectivity index is 1.89. The molecule has 0 unspecified atom stereocenters. The summed E-state index contributed by atoms with van der Waals surface area (Å²) in [6, 6.07) is 12.6. The zero-order valence-electron chi connectivity index (χ0n) is 16.9. The van der Waals surface area contributed by atoms with Crippen LogP contribution in [0, 0.1) is 11.8 Å².